The Morgan fingerprint density at radius 2 is 1.59 bits per heavy atom. The zero-order chi connectivity index (χ0) is 23.4. The molecule has 0 saturated carbocycles. The van der Waals surface area contributed by atoms with Crippen molar-refractivity contribution in [3.63, 3.8) is 0 Å². The van der Waals surface area contributed by atoms with Gasteiger partial charge in [0.25, 0.3) is 0 Å². The van der Waals surface area contributed by atoms with E-state index in [-0.39, 0.29) is 5.69 Å². The summed E-state index contributed by atoms with van der Waals surface area (Å²) >= 11 is 0. The van der Waals surface area contributed by atoms with Crippen molar-refractivity contribution in [1.82, 2.24) is 25.1 Å². The molecule has 168 valence electrons. The number of hydrogen-bond donors (Lipinski definition) is 2. The maximum Gasteiger partial charge on any atom is 0.165 e. The summed E-state index contributed by atoms with van der Waals surface area (Å²) in [7, 11) is 1.73. The lowest BCUT2D eigenvalue weighted by Gasteiger charge is -2.04. The molecule has 2 aromatic heterocycles. The van der Waals surface area contributed by atoms with Crippen LogP contribution in [0.3, 0.4) is 0 Å². The van der Waals surface area contributed by atoms with E-state index in [0.717, 1.165) is 30.2 Å². The minimum Gasteiger partial charge on any atom is -0.337 e. The summed E-state index contributed by atoms with van der Waals surface area (Å²) < 4.78 is 28.8. The lowest BCUT2D eigenvalue weighted by atomic mass is 10.0. The Labute approximate surface area is 192 Å². The molecule has 3 heterocycles. The van der Waals surface area contributed by atoms with Crippen LogP contribution in [0.4, 0.5) is 14.5 Å². The minimum atomic E-state index is -0.645. The fourth-order valence-corrected chi connectivity index (χ4v) is 4.52. The molecule has 1 aliphatic rings. The third-order valence-electron chi connectivity index (χ3n) is 6.13. The van der Waals surface area contributed by atoms with Gasteiger partial charge in [0.2, 0.25) is 0 Å². The Hall–Kier alpha value is -4.24. The number of nitrogens with zero attached hydrogens (tertiary/aromatic N) is 4. The fourth-order valence-electron chi connectivity index (χ4n) is 4.52. The van der Waals surface area contributed by atoms with E-state index in [2.05, 4.69) is 26.6 Å². The molecule has 0 atom stereocenters. The standard InChI is InChI=1S/C25H18F2N6O/c1-33-24(25-29-20-8-16-11-28-12-17(16)9-21(20)30-25)23(32-34)22(31-33)14-4-2-13(3-5-14)15-6-18(26)10-19(27)7-15/h2-10,28H,11-12H2,1H3,(H,29,30). The molecule has 0 unspecified atom stereocenters. The highest BCUT2D eigenvalue weighted by atomic mass is 19.1. The monoisotopic (exact) mass is 456 g/mol. The summed E-state index contributed by atoms with van der Waals surface area (Å²) in [6, 6.07) is 14.4. The Balaban J connectivity index is 1.41. The Morgan fingerprint density at radius 3 is 2.29 bits per heavy atom. The molecule has 0 amide bonds. The van der Waals surface area contributed by atoms with Crippen LogP contribution in [0.2, 0.25) is 0 Å². The summed E-state index contributed by atoms with van der Waals surface area (Å²) in [6.07, 6.45) is 0. The van der Waals surface area contributed by atoms with Gasteiger partial charge in [-0.2, -0.15) is 5.10 Å². The van der Waals surface area contributed by atoms with Crippen molar-refractivity contribution in [2.75, 3.05) is 0 Å². The molecule has 3 aromatic carbocycles. The molecule has 34 heavy (non-hydrogen) atoms. The third-order valence-corrected chi connectivity index (χ3v) is 6.13. The molecule has 5 aromatic rings. The summed E-state index contributed by atoms with van der Waals surface area (Å²) in [5.74, 6) is -0.782. The van der Waals surface area contributed by atoms with Gasteiger partial charge >= 0.3 is 0 Å². The van der Waals surface area contributed by atoms with Gasteiger partial charge in [0.05, 0.1) is 11.0 Å². The van der Waals surface area contributed by atoms with Gasteiger partial charge in [-0.25, -0.2) is 13.8 Å². The highest BCUT2D eigenvalue weighted by molar-refractivity contribution is 5.87. The van der Waals surface area contributed by atoms with Crippen LogP contribution in [-0.2, 0) is 20.1 Å². The zero-order valence-electron chi connectivity index (χ0n) is 18.1. The first-order valence-electron chi connectivity index (χ1n) is 10.7. The largest absolute Gasteiger partial charge is 0.337 e. The number of nitrogens with one attached hydrogen (secondary N) is 2. The predicted molar refractivity (Wildman–Crippen MR) is 125 cm³/mol. The zero-order valence-corrected chi connectivity index (χ0v) is 18.1. The molecule has 0 bridgehead atoms. The number of H-pyrrole nitrogens is 1. The van der Waals surface area contributed by atoms with Crippen molar-refractivity contribution >= 4 is 16.7 Å². The number of rotatable bonds is 4. The van der Waals surface area contributed by atoms with E-state index in [4.69, 9.17) is 4.98 Å². The van der Waals surface area contributed by atoms with Gasteiger partial charge < -0.3 is 10.3 Å². The topological polar surface area (TPSA) is 88.0 Å². The van der Waals surface area contributed by atoms with Crippen molar-refractivity contribution < 1.29 is 8.78 Å². The summed E-state index contributed by atoms with van der Waals surface area (Å²) in [6.45, 7) is 1.62. The van der Waals surface area contributed by atoms with E-state index >= 15 is 0 Å². The van der Waals surface area contributed by atoms with Crippen molar-refractivity contribution in [1.29, 1.82) is 0 Å². The number of aromatic amines is 1. The number of hydrogen-bond acceptors (Lipinski definition) is 5. The highest BCUT2D eigenvalue weighted by Gasteiger charge is 2.23. The molecule has 0 aliphatic carbocycles. The van der Waals surface area contributed by atoms with Crippen molar-refractivity contribution in [2.24, 2.45) is 12.2 Å². The summed E-state index contributed by atoms with van der Waals surface area (Å²) in [4.78, 5) is 19.9. The van der Waals surface area contributed by atoms with Crippen LogP contribution in [0.5, 0.6) is 0 Å². The van der Waals surface area contributed by atoms with E-state index in [9.17, 15) is 13.7 Å². The fraction of sp³-hybridized carbons (Fsp3) is 0.120. The number of benzene rings is 3. The highest BCUT2D eigenvalue weighted by Crippen LogP contribution is 2.39. The average Bonchev–Trinajstić information content (AvgIpc) is 3.52. The molecular weight excluding hydrogens is 438 g/mol. The van der Waals surface area contributed by atoms with Gasteiger partial charge in [-0.15, -0.1) is 4.91 Å². The van der Waals surface area contributed by atoms with E-state index in [0.29, 0.717) is 33.9 Å². The van der Waals surface area contributed by atoms with E-state index in [1.807, 2.05) is 6.07 Å². The van der Waals surface area contributed by atoms with Crippen LogP contribution in [0.1, 0.15) is 11.1 Å². The van der Waals surface area contributed by atoms with Crippen molar-refractivity contribution in [3.05, 3.63) is 82.3 Å². The van der Waals surface area contributed by atoms with Crippen LogP contribution in [0, 0.1) is 16.5 Å². The SMILES string of the molecule is Cn1nc(-c2ccc(-c3cc(F)cc(F)c3)cc2)c(N=O)c1-c1nc2cc3c(cc2[nH]1)CNC3. The lowest BCUT2D eigenvalue weighted by Crippen LogP contribution is -1.99. The van der Waals surface area contributed by atoms with Crippen LogP contribution < -0.4 is 5.32 Å². The van der Waals surface area contributed by atoms with Gasteiger partial charge in [-0.3, -0.25) is 4.68 Å². The second kappa shape index (κ2) is 7.67. The van der Waals surface area contributed by atoms with Gasteiger partial charge in [0.1, 0.15) is 23.0 Å². The predicted octanol–water partition coefficient (Wildman–Crippen LogP) is 5.58. The van der Waals surface area contributed by atoms with Crippen LogP contribution >= 0.6 is 0 Å². The minimum absolute atomic E-state index is 0.167. The number of aromatic nitrogens is 4. The second-order valence-corrected chi connectivity index (χ2v) is 8.32. The number of fused-ring (bicyclic) bond motifs is 2. The summed E-state index contributed by atoms with van der Waals surface area (Å²) in [5.41, 5.74) is 6.88. The van der Waals surface area contributed by atoms with E-state index in [1.165, 1.54) is 23.3 Å². The molecule has 2 N–H and O–H groups in total. The molecule has 7 nitrogen and oxygen atoms in total. The Kier molecular flexibility index (Phi) is 4.59. The van der Waals surface area contributed by atoms with Crippen LogP contribution in [0.25, 0.3) is 44.9 Å². The van der Waals surface area contributed by atoms with Gasteiger partial charge in [0, 0.05) is 31.8 Å². The molecular formula is C25H18F2N6O. The quantitative estimate of drug-likeness (QED) is 0.346. The maximum absolute atomic E-state index is 13.6. The summed E-state index contributed by atoms with van der Waals surface area (Å²) in [5, 5.41) is 11.1. The number of aryl methyl sites for hydroxylation is 1. The maximum atomic E-state index is 13.6. The van der Waals surface area contributed by atoms with Gasteiger partial charge in [-0.1, -0.05) is 24.3 Å². The first kappa shape index (κ1) is 20.4. The first-order chi connectivity index (χ1) is 16.5. The molecule has 0 fully saturated rings. The Morgan fingerprint density at radius 1 is 0.912 bits per heavy atom. The third kappa shape index (κ3) is 3.29. The second-order valence-electron chi connectivity index (χ2n) is 8.32. The normalized spacial score (nSPS) is 12.9. The van der Waals surface area contributed by atoms with E-state index in [1.54, 1.807) is 36.0 Å². The Bertz CT molecular complexity index is 1520. The number of halogens is 2. The van der Waals surface area contributed by atoms with E-state index < -0.39 is 11.6 Å². The molecule has 6 rings (SSSR count). The van der Waals surface area contributed by atoms with Crippen LogP contribution in [0.15, 0.2) is 59.8 Å². The molecule has 0 radical (unpaired) electrons. The van der Waals surface area contributed by atoms with Crippen molar-refractivity contribution in [3.8, 4) is 33.9 Å². The number of nitroso groups, excluding NO2 is 1. The van der Waals surface area contributed by atoms with Gasteiger partial charge in [-0.05, 0) is 51.7 Å². The van der Waals surface area contributed by atoms with Gasteiger partial charge in [0.15, 0.2) is 11.5 Å². The van der Waals surface area contributed by atoms with Crippen LogP contribution in [-0.4, -0.2) is 19.7 Å². The van der Waals surface area contributed by atoms with Crippen molar-refractivity contribution in [2.45, 2.75) is 13.1 Å². The molecule has 0 spiro atoms. The molecule has 0 saturated heterocycles. The molecule has 1 aliphatic heterocycles. The first-order valence-corrected chi connectivity index (χ1v) is 10.7. The number of imidazole rings is 1. The average molecular weight is 456 g/mol. The smallest absolute Gasteiger partial charge is 0.165 e. The molecule has 9 heteroatoms. The lowest BCUT2D eigenvalue weighted by molar-refractivity contribution is 0.584.